The van der Waals surface area contributed by atoms with Gasteiger partial charge in [0, 0.05) is 6.20 Å². The largest absolute Gasteiger partial charge is 0.462 e. The first-order valence-corrected chi connectivity index (χ1v) is 21.8. The highest BCUT2D eigenvalue weighted by atomic mass is 16.7. The van der Waals surface area contributed by atoms with Crippen LogP contribution in [-0.2, 0) is 48.3 Å². The topological polar surface area (TPSA) is 162 Å². The van der Waals surface area contributed by atoms with Gasteiger partial charge >= 0.3 is 29.8 Å². The van der Waals surface area contributed by atoms with Crippen LogP contribution in [0, 0.1) is 0 Å². The van der Waals surface area contributed by atoms with Gasteiger partial charge in [-0.15, -0.1) is 0 Å². The van der Waals surface area contributed by atoms with Crippen LogP contribution in [0.3, 0.4) is 0 Å². The van der Waals surface area contributed by atoms with E-state index >= 15 is 0 Å². The molecule has 0 aliphatic carbocycles. The Balaban J connectivity index is 1.41. The lowest BCUT2D eigenvalue weighted by Gasteiger charge is -2.46. The van der Waals surface area contributed by atoms with Gasteiger partial charge in [0.2, 0.25) is 0 Å². The molecule has 0 aromatic heterocycles. The summed E-state index contributed by atoms with van der Waals surface area (Å²) < 4.78 is 43.3. The van der Waals surface area contributed by atoms with Crippen LogP contribution in [-0.4, -0.2) is 80.3 Å². The molecule has 13 heteroatoms. The van der Waals surface area contributed by atoms with Gasteiger partial charge in [-0.25, -0.2) is 24.0 Å². The van der Waals surface area contributed by atoms with E-state index in [1.807, 2.05) is 91.0 Å². The zero-order valence-corrected chi connectivity index (χ0v) is 36.8. The van der Waals surface area contributed by atoms with E-state index in [0.29, 0.717) is 0 Å². The lowest BCUT2D eigenvalue weighted by molar-refractivity contribution is -0.241. The number of carbonyl (C=O) groups excluding carboxylic acids is 5. The lowest BCUT2D eigenvalue weighted by atomic mass is 9.80. The molecule has 13 nitrogen and oxygen atoms in total. The molecule has 0 unspecified atom stereocenters. The highest BCUT2D eigenvalue weighted by molar-refractivity contribution is 6.14. The summed E-state index contributed by atoms with van der Waals surface area (Å²) in [7, 11) is 0. The fourth-order valence-corrected chi connectivity index (χ4v) is 7.65. The molecule has 1 saturated heterocycles. The Kier molecular flexibility index (Phi) is 16.1. The van der Waals surface area contributed by atoms with Gasteiger partial charge in [0.1, 0.15) is 11.7 Å². The third kappa shape index (κ3) is 11.3. The quantitative estimate of drug-likeness (QED) is 0.0221. The maximum Gasteiger partial charge on any atom is 0.347 e. The zero-order valence-electron chi connectivity index (χ0n) is 36.8. The average Bonchev–Trinajstić information content (AvgIpc) is 3.37. The molecule has 67 heavy (non-hydrogen) atoms. The molecule has 1 aliphatic rings. The molecular formula is C54H49NO12. The van der Waals surface area contributed by atoms with Gasteiger partial charge in [-0.2, -0.15) is 0 Å². The first-order valence-electron chi connectivity index (χ1n) is 21.8. The summed E-state index contributed by atoms with van der Waals surface area (Å²) in [6, 6.07) is 52.9. The van der Waals surface area contributed by atoms with Gasteiger partial charge in [0.15, 0.2) is 30.1 Å². The molecule has 7 rings (SSSR count). The molecule has 5 atom stereocenters. The molecule has 1 fully saturated rings. The van der Waals surface area contributed by atoms with Gasteiger partial charge in [-0.1, -0.05) is 146 Å². The molecule has 1 aliphatic heterocycles. The fourth-order valence-electron chi connectivity index (χ4n) is 7.65. The van der Waals surface area contributed by atoms with Crippen LogP contribution in [0.2, 0.25) is 0 Å². The Labute approximate surface area is 388 Å². The van der Waals surface area contributed by atoms with E-state index in [-0.39, 0.29) is 36.5 Å². The summed E-state index contributed by atoms with van der Waals surface area (Å²) in [5, 5.41) is 2.93. The fraction of sp³-hybridized carbons (Fsp3) is 0.204. The molecule has 0 saturated carbocycles. The van der Waals surface area contributed by atoms with Crippen LogP contribution in [0.1, 0.15) is 61.6 Å². The smallest absolute Gasteiger partial charge is 0.347 e. The van der Waals surface area contributed by atoms with Gasteiger partial charge in [0.25, 0.3) is 0 Å². The molecule has 0 bridgehead atoms. The van der Waals surface area contributed by atoms with Crippen molar-refractivity contribution in [2.24, 2.45) is 0 Å². The number of hydrogen-bond donors (Lipinski definition) is 1. The third-order valence-corrected chi connectivity index (χ3v) is 10.8. The van der Waals surface area contributed by atoms with E-state index in [1.54, 1.807) is 80.6 Å². The van der Waals surface area contributed by atoms with Crippen molar-refractivity contribution in [1.29, 1.82) is 0 Å². The predicted molar refractivity (Wildman–Crippen MR) is 245 cm³/mol. The van der Waals surface area contributed by atoms with E-state index in [0.717, 1.165) is 22.9 Å². The molecule has 1 heterocycles. The molecule has 1 N–H and O–H groups in total. The summed E-state index contributed by atoms with van der Waals surface area (Å²) in [5.41, 5.74) is 0.798. The summed E-state index contributed by atoms with van der Waals surface area (Å²) in [4.78, 5) is 69.1. The summed E-state index contributed by atoms with van der Waals surface area (Å²) in [6.45, 7) is 2.65. The van der Waals surface area contributed by atoms with Crippen molar-refractivity contribution in [2.45, 2.75) is 50.1 Å². The van der Waals surface area contributed by atoms with Crippen LogP contribution in [0.15, 0.2) is 194 Å². The van der Waals surface area contributed by atoms with E-state index in [1.165, 1.54) is 24.3 Å². The minimum Gasteiger partial charge on any atom is -0.462 e. The number of esters is 5. The van der Waals surface area contributed by atoms with Crippen molar-refractivity contribution in [2.75, 3.05) is 19.8 Å². The monoisotopic (exact) mass is 903 g/mol. The van der Waals surface area contributed by atoms with Gasteiger partial charge in [0.05, 0.1) is 36.5 Å². The number of rotatable bonds is 18. The third-order valence-electron chi connectivity index (χ3n) is 10.8. The van der Waals surface area contributed by atoms with Crippen molar-refractivity contribution in [1.82, 2.24) is 5.32 Å². The van der Waals surface area contributed by atoms with Crippen molar-refractivity contribution in [3.63, 3.8) is 0 Å². The molecule has 342 valence electrons. The predicted octanol–water partition coefficient (Wildman–Crippen LogP) is 8.00. The second kappa shape index (κ2) is 22.8. The number of benzene rings is 6. The lowest BCUT2D eigenvalue weighted by Crippen LogP contribution is -2.65. The molecule has 0 radical (unpaired) electrons. The highest BCUT2D eigenvalue weighted by Crippen LogP contribution is 2.42. The molecule has 0 amide bonds. The van der Waals surface area contributed by atoms with Crippen LogP contribution in [0.25, 0.3) is 0 Å². The van der Waals surface area contributed by atoms with Crippen molar-refractivity contribution in [3.05, 3.63) is 227 Å². The standard InChI is InChI=1S/C54H49NO12/c1-3-61-52(59)43(53(60)62-4-2)35-55-48-47(67-51(58)39-27-15-7-16-28-39)46(66-50(57)38-25-13-6-14-26-38)45(65-49(56)37-23-11-5-12-24-37)44(64-48)36-63-54(40-29-17-8-18-30-40,41-31-19-9-20-32-41)42-33-21-10-22-34-42/h5-35,44-48,55H,3-4,36H2,1-2H3/t44-,45-,46+,47+,48-/m1/s1. The first-order chi connectivity index (χ1) is 32.7. The summed E-state index contributed by atoms with van der Waals surface area (Å²) in [5.74, 6) is -4.55. The Hall–Kier alpha value is -7.87. The van der Waals surface area contributed by atoms with Crippen molar-refractivity contribution < 1.29 is 57.1 Å². The van der Waals surface area contributed by atoms with E-state index in [2.05, 4.69) is 5.32 Å². The summed E-state index contributed by atoms with van der Waals surface area (Å²) in [6.07, 6.45) is -6.70. The number of ether oxygens (including phenoxy) is 7. The maximum atomic E-state index is 14.3. The Morgan fingerprint density at radius 1 is 0.493 bits per heavy atom. The van der Waals surface area contributed by atoms with Crippen LogP contribution >= 0.6 is 0 Å². The van der Waals surface area contributed by atoms with Gasteiger partial charge < -0.3 is 38.5 Å². The SMILES string of the molecule is CCOC(=O)C(=CN[C@@H]1O[C@H](COC(c2ccccc2)(c2ccccc2)c2ccccc2)[C@@H](OC(=O)c2ccccc2)[C@H](OC(=O)c2ccccc2)[C@@H]1OC(=O)c1ccccc1)C(=O)OCC. The number of carbonyl (C=O) groups is 5. The van der Waals surface area contributed by atoms with Gasteiger partial charge in [-0.05, 0) is 66.9 Å². The Morgan fingerprint density at radius 3 is 1.21 bits per heavy atom. The average molecular weight is 904 g/mol. The van der Waals surface area contributed by atoms with Gasteiger partial charge in [-0.3, -0.25) is 0 Å². The number of hydrogen-bond acceptors (Lipinski definition) is 13. The van der Waals surface area contributed by atoms with Crippen LogP contribution < -0.4 is 5.32 Å². The molecular weight excluding hydrogens is 855 g/mol. The van der Waals surface area contributed by atoms with Crippen LogP contribution in [0.4, 0.5) is 0 Å². The van der Waals surface area contributed by atoms with Crippen molar-refractivity contribution in [3.8, 4) is 0 Å². The van der Waals surface area contributed by atoms with E-state index in [4.69, 9.17) is 33.2 Å². The minimum absolute atomic E-state index is 0.0653. The molecule has 6 aromatic carbocycles. The second-order valence-corrected chi connectivity index (χ2v) is 15.1. The molecule has 6 aromatic rings. The minimum atomic E-state index is -1.64. The van der Waals surface area contributed by atoms with E-state index in [9.17, 15) is 24.0 Å². The van der Waals surface area contributed by atoms with E-state index < -0.39 is 71.7 Å². The normalized spacial score (nSPS) is 17.7. The first kappa shape index (κ1) is 47.1. The van der Waals surface area contributed by atoms with Crippen molar-refractivity contribution >= 4 is 29.8 Å². The molecule has 0 spiro atoms. The number of nitrogens with one attached hydrogen (secondary N) is 1. The Morgan fingerprint density at radius 2 is 0.836 bits per heavy atom. The van der Waals surface area contributed by atoms with Crippen LogP contribution in [0.5, 0.6) is 0 Å². The highest BCUT2D eigenvalue weighted by Gasteiger charge is 2.54. The Bertz CT molecular complexity index is 2480. The summed E-state index contributed by atoms with van der Waals surface area (Å²) >= 11 is 0. The maximum absolute atomic E-state index is 14.3. The zero-order chi connectivity index (χ0) is 47.0. The second-order valence-electron chi connectivity index (χ2n) is 15.1.